The molecule has 7 heteroatoms. The Kier molecular flexibility index (Phi) is 15.4. The lowest BCUT2D eigenvalue weighted by molar-refractivity contribution is -0.140. The standard InChI is InChI=1S/C20H39NO2.C7H8O3S/c1-3-4-5-8-12-17-13-11-15-19(21)18(17)14-9-6-7-10-16-20(22)23-2;1-6-2-4-7(5-3-6)11(8,9)10/h17-19H,3-16,21H2,1-2H3;2-5H,1H3,(H,8,9,10)/t17-,18-,19+;/m0./s1. The van der Waals surface area contributed by atoms with Crippen molar-refractivity contribution in [2.24, 2.45) is 17.6 Å². The zero-order valence-corrected chi connectivity index (χ0v) is 22.3. The predicted molar refractivity (Wildman–Crippen MR) is 138 cm³/mol. The Bertz CT molecular complexity index is 779. The quantitative estimate of drug-likeness (QED) is 0.184. The van der Waals surface area contributed by atoms with Gasteiger partial charge in [0.15, 0.2) is 0 Å². The summed E-state index contributed by atoms with van der Waals surface area (Å²) in [5.74, 6) is 1.53. The van der Waals surface area contributed by atoms with Crippen LogP contribution in [0.4, 0.5) is 0 Å². The number of hydrogen-bond acceptors (Lipinski definition) is 5. The predicted octanol–water partition coefficient (Wildman–Crippen LogP) is 6.46. The third-order valence-electron chi connectivity index (χ3n) is 6.91. The van der Waals surface area contributed by atoms with Gasteiger partial charge in [-0.25, -0.2) is 0 Å². The number of esters is 1. The zero-order chi connectivity index (χ0) is 25.4. The molecule has 0 amide bonds. The maximum absolute atomic E-state index is 11.1. The minimum absolute atomic E-state index is 0.0666. The lowest BCUT2D eigenvalue weighted by Gasteiger charge is -2.37. The van der Waals surface area contributed by atoms with Crippen LogP contribution < -0.4 is 5.73 Å². The molecule has 0 saturated heterocycles. The Hall–Kier alpha value is -1.44. The highest BCUT2D eigenvalue weighted by Gasteiger charge is 2.30. The summed E-state index contributed by atoms with van der Waals surface area (Å²) in [6.07, 6.45) is 17.3. The van der Waals surface area contributed by atoms with Crippen molar-refractivity contribution in [2.45, 2.75) is 115 Å². The molecule has 3 N–H and O–H groups in total. The number of carbonyl (C=O) groups excluding carboxylic acids is 1. The number of rotatable bonds is 13. The van der Waals surface area contributed by atoms with Crippen molar-refractivity contribution in [2.75, 3.05) is 7.11 Å². The van der Waals surface area contributed by atoms with Gasteiger partial charge in [0.2, 0.25) is 0 Å². The SMILES string of the molecule is CCCCCC[C@H]1CCC[C@@H](N)[C@H]1CCCCCCC(=O)OC.Cc1ccc(S(=O)(=O)O)cc1. The van der Waals surface area contributed by atoms with Gasteiger partial charge >= 0.3 is 5.97 Å². The van der Waals surface area contributed by atoms with Gasteiger partial charge in [0.1, 0.15) is 0 Å². The maximum atomic E-state index is 11.1. The summed E-state index contributed by atoms with van der Waals surface area (Å²) in [4.78, 5) is 11.0. The number of ether oxygens (including phenoxy) is 1. The Morgan fingerprint density at radius 1 is 1.00 bits per heavy atom. The van der Waals surface area contributed by atoms with E-state index in [1.54, 1.807) is 12.1 Å². The van der Waals surface area contributed by atoms with Gasteiger partial charge in [-0.2, -0.15) is 8.42 Å². The number of methoxy groups -OCH3 is 1. The molecule has 0 spiro atoms. The van der Waals surface area contributed by atoms with Crippen LogP contribution in [0.25, 0.3) is 0 Å². The molecule has 1 saturated carbocycles. The summed E-state index contributed by atoms with van der Waals surface area (Å²) in [6.45, 7) is 4.12. The third kappa shape index (κ3) is 12.9. The van der Waals surface area contributed by atoms with E-state index in [4.69, 9.17) is 10.3 Å². The fourth-order valence-corrected chi connectivity index (χ4v) is 5.33. The topological polar surface area (TPSA) is 107 Å². The first kappa shape index (κ1) is 30.6. The van der Waals surface area contributed by atoms with E-state index in [1.165, 1.54) is 89.9 Å². The summed E-state index contributed by atoms with van der Waals surface area (Å²) in [5.41, 5.74) is 7.39. The van der Waals surface area contributed by atoms with Gasteiger partial charge in [0, 0.05) is 12.5 Å². The highest BCUT2D eigenvalue weighted by atomic mass is 32.2. The molecular formula is C27H47NO5S. The minimum atomic E-state index is -4.02. The largest absolute Gasteiger partial charge is 0.469 e. The molecule has 1 fully saturated rings. The van der Waals surface area contributed by atoms with Crippen molar-refractivity contribution in [1.82, 2.24) is 0 Å². The highest BCUT2D eigenvalue weighted by Crippen LogP contribution is 2.36. The average Bonchev–Trinajstić information content (AvgIpc) is 2.80. The van der Waals surface area contributed by atoms with Crippen LogP contribution in [0.5, 0.6) is 0 Å². The van der Waals surface area contributed by atoms with Crippen LogP contribution in [0.15, 0.2) is 29.2 Å². The summed E-state index contributed by atoms with van der Waals surface area (Å²) in [5, 5.41) is 0. The van der Waals surface area contributed by atoms with Gasteiger partial charge in [-0.15, -0.1) is 0 Å². The van der Waals surface area contributed by atoms with Gasteiger partial charge in [0.25, 0.3) is 10.1 Å². The molecule has 1 aliphatic rings. The van der Waals surface area contributed by atoms with E-state index in [9.17, 15) is 13.2 Å². The molecule has 0 aliphatic heterocycles. The lowest BCUT2D eigenvalue weighted by atomic mass is 9.72. The number of hydrogen-bond donors (Lipinski definition) is 2. The zero-order valence-electron chi connectivity index (χ0n) is 21.5. The van der Waals surface area contributed by atoms with Crippen LogP contribution in [0.3, 0.4) is 0 Å². The van der Waals surface area contributed by atoms with Crippen molar-refractivity contribution >= 4 is 16.1 Å². The second-order valence-corrected chi connectivity index (χ2v) is 11.1. The molecule has 34 heavy (non-hydrogen) atoms. The van der Waals surface area contributed by atoms with Crippen LogP contribution in [0, 0.1) is 18.8 Å². The van der Waals surface area contributed by atoms with E-state index in [2.05, 4.69) is 11.7 Å². The van der Waals surface area contributed by atoms with Crippen LogP contribution in [-0.2, 0) is 19.6 Å². The van der Waals surface area contributed by atoms with E-state index >= 15 is 0 Å². The molecule has 1 aromatic rings. The first-order valence-corrected chi connectivity index (χ1v) is 14.5. The van der Waals surface area contributed by atoms with E-state index in [1.807, 2.05) is 6.92 Å². The number of unbranched alkanes of at least 4 members (excludes halogenated alkanes) is 6. The summed E-state index contributed by atoms with van der Waals surface area (Å²) in [6, 6.07) is 6.41. The van der Waals surface area contributed by atoms with Crippen molar-refractivity contribution in [3.05, 3.63) is 29.8 Å². The maximum Gasteiger partial charge on any atom is 0.305 e. The van der Waals surface area contributed by atoms with Crippen molar-refractivity contribution in [3.63, 3.8) is 0 Å². The Balaban J connectivity index is 0.000000437. The number of benzene rings is 1. The van der Waals surface area contributed by atoms with E-state index in [0.717, 1.165) is 30.2 Å². The molecular weight excluding hydrogens is 450 g/mol. The van der Waals surface area contributed by atoms with Gasteiger partial charge in [-0.1, -0.05) is 88.8 Å². The molecule has 1 aliphatic carbocycles. The smallest absolute Gasteiger partial charge is 0.305 e. The molecule has 0 heterocycles. The highest BCUT2D eigenvalue weighted by molar-refractivity contribution is 7.85. The van der Waals surface area contributed by atoms with Crippen LogP contribution in [0.1, 0.15) is 102 Å². The van der Waals surface area contributed by atoms with E-state index in [0.29, 0.717) is 12.5 Å². The second-order valence-electron chi connectivity index (χ2n) is 9.69. The monoisotopic (exact) mass is 497 g/mol. The first-order chi connectivity index (χ1) is 16.2. The Morgan fingerprint density at radius 2 is 1.62 bits per heavy atom. The molecule has 0 bridgehead atoms. The number of aryl methyl sites for hydroxylation is 1. The van der Waals surface area contributed by atoms with Crippen molar-refractivity contribution in [3.8, 4) is 0 Å². The molecule has 0 unspecified atom stereocenters. The van der Waals surface area contributed by atoms with Gasteiger partial charge in [-0.05, 0) is 50.2 Å². The fourth-order valence-electron chi connectivity index (χ4n) is 4.85. The molecule has 196 valence electrons. The van der Waals surface area contributed by atoms with Crippen LogP contribution in [-0.4, -0.2) is 32.1 Å². The fraction of sp³-hybridized carbons (Fsp3) is 0.741. The minimum Gasteiger partial charge on any atom is -0.469 e. The van der Waals surface area contributed by atoms with Crippen molar-refractivity contribution < 1.29 is 22.5 Å². The van der Waals surface area contributed by atoms with E-state index in [-0.39, 0.29) is 10.9 Å². The van der Waals surface area contributed by atoms with Gasteiger partial charge < -0.3 is 10.5 Å². The van der Waals surface area contributed by atoms with E-state index < -0.39 is 10.1 Å². The van der Waals surface area contributed by atoms with Gasteiger partial charge in [-0.3, -0.25) is 9.35 Å². The van der Waals surface area contributed by atoms with Gasteiger partial charge in [0.05, 0.1) is 12.0 Å². The first-order valence-electron chi connectivity index (χ1n) is 13.1. The number of nitrogens with two attached hydrogens (primary N) is 1. The lowest BCUT2D eigenvalue weighted by Crippen LogP contribution is -2.38. The summed E-state index contributed by atoms with van der Waals surface area (Å²) < 4.78 is 34.2. The van der Waals surface area contributed by atoms with Crippen LogP contribution in [0.2, 0.25) is 0 Å². The number of carbonyl (C=O) groups is 1. The third-order valence-corrected chi connectivity index (χ3v) is 7.78. The Labute approximate surface area is 207 Å². The molecule has 2 rings (SSSR count). The van der Waals surface area contributed by atoms with Crippen LogP contribution >= 0.6 is 0 Å². The molecule has 0 aromatic heterocycles. The molecule has 3 atom stereocenters. The molecule has 0 radical (unpaired) electrons. The summed E-state index contributed by atoms with van der Waals surface area (Å²) >= 11 is 0. The average molecular weight is 498 g/mol. The summed E-state index contributed by atoms with van der Waals surface area (Å²) in [7, 11) is -2.55. The Morgan fingerprint density at radius 3 is 2.24 bits per heavy atom. The normalized spacial score (nSPS) is 20.3. The molecule has 1 aromatic carbocycles. The molecule has 6 nitrogen and oxygen atoms in total. The second kappa shape index (κ2) is 17.1. The van der Waals surface area contributed by atoms with Crippen molar-refractivity contribution in [1.29, 1.82) is 0 Å².